The van der Waals surface area contributed by atoms with E-state index in [1.54, 1.807) is 5.57 Å². The lowest BCUT2D eigenvalue weighted by Gasteiger charge is -2.57. The minimum Gasteiger partial charge on any atom is -0.395 e. The molecule has 5 heteroatoms. The van der Waals surface area contributed by atoms with E-state index in [1.165, 1.54) is 37.8 Å². The zero-order chi connectivity index (χ0) is 21.2. The second-order valence-corrected chi connectivity index (χ2v) is 10.2. The molecule has 0 heterocycles. The van der Waals surface area contributed by atoms with Crippen LogP contribution in [0.3, 0.4) is 0 Å². The molecule has 4 aliphatic rings. The van der Waals surface area contributed by atoms with E-state index in [-0.39, 0.29) is 5.41 Å². The summed E-state index contributed by atoms with van der Waals surface area (Å²) in [5.41, 5.74) is 3.32. The van der Waals surface area contributed by atoms with Gasteiger partial charge in [-0.25, -0.2) is 0 Å². The number of nitrogens with zero attached hydrogens (tertiary/aromatic N) is 3. The predicted molar refractivity (Wildman–Crippen MR) is 115 cm³/mol. The first-order chi connectivity index (χ1) is 14.5. The molecule has 4 rings (SSSR count). The summed E-state index contributed by atoms with van der Waals surface area (Å²) in [6, 6.07) is 4.30. The van der Waals surface area contributed by atoms with Crippen molar-refractivity contribution in [3.05, 3.63) is 11.6 Å². The first-order valence-electron chi connectivity index (χ1n) is 11.8. The molecule has 30 heavy (non-hydrogen) atoms. The van der Waals surface area contributed by atoms with Crippen molar-refractivity contribution in [3.63, 3.8) is 0 Å². The molecule has 0 aromatic rings. The SMILES string of the molecule is C[C@]12CC[C@H](OCCC#N)CC1=CC[C@@H]1[C@@H]2CC[C@]2(C)/C(=N\OCCC#N)CC[C@@H]12. The Labute approximate surface area is 181 Å². The number of ether oxygens (including phenoxy) is 1. The molecule has 3 saturated carbocycles. The number of oxime groups is 1. The third-order valence-electron chi connectivity index (χ3n) is 8.85. The standard InChI is InChI=1S/C25H35N3O2/c1-24-11-9-19(29-15-3-13-26)17-18(24)5-6-20-21-7-8-23(28-30-16-4-14-27)25(21,2)12-10-22(20)24/h5,19-22H,3-4,6-12,15-17H2,1-2H3/b28-23-/t19-,20-,21-,22-,24-,25-/m0/s1. The fourth-order valence-corrected chi connectivity index (χ4v) is 7.19. The molecule has 0 bridgehead atoms. The van der Waals surface area contributed by atoms with Gasteiger partial charge >= 0.3 is 0 Å². The molecular weight excluding hydrogens is 374 g/mol. The van der Waals surface area contributed by atoms with Crippen molar-refractivity contribution in [2.75, 3.05) is 13.2 Å². The Morgan fingerprint density at radius 1 is 1.03 bits per heavy atom. The Morgan fingerprint density at radius 3 is 2.57 bits per heavy atom. The molecule has 0 aliphatic heterocycles. The van der Waals surface area contributed by atoms with Crippen LogP contribution in [0, 0.1) is 51.2 Å². The second-order valence-electron chi connectivity index (χ2n) is 10.2. The van der Waals surface area contributed by atoms with E-state index in [2.05, 4.69) is 37.2 Å². The average Bonchev–Trinajstić information content (AvgIpc) is 3.08. The van der Waals surface area contributed by atoms with Crippen molar-refractivity contribution in [2.24, 2.45) is 33.7 Å². The van der Waals surface area contributed by atoms with Crippen LogP contribution in [-0.2, 0) is 9.57 Å². The van der Waals surface area contributed by atoms with Gasteiger partial charge in [0.05, 0.1) is 43.4 Å². The highest BCUT2D eigenvalue weighted by Crippen LogP contribution is 2.64. The maximum atomic E-state index is 8.77. The van der Waals surface area contributed by atoms with Crippen LogP contribution < -0.4 is 0 Å². The molecular formula is C25H35N3O2. The normalized spacial score (nSPS) is 41.1. The molecule has 0 N–H and O–H groups in total. The first kappa shape index (κ1) is 21.4. The molecule has 0 amide bonds. The summed E-state index contributed by atoms with van der Waals surface area (Å²) in [6.45, 7) is 5.89. The summed E-state index contributed by atoms with van der Waals surface area (Å²) in [7, 11) is 0. The molecule has 3 fully saturated rings. The fourth-order valence-electron chi connectivity index (χ4n) is 7.19. The predicted octanol–water partition coefficient (Wildman–Crippen LogP) is 5.53. The van der Waals surface area contributed by atoms with E-state index in [9.17, 15) is 0 Å². The van der Waals surface area contributed by atoms with Gasteiger partial charge in [-0.05, 0) is 74.5 Å². The van der Waals surface area contributed by atoms with Crippen LogP contribution in [0.2, 0.25) is 0 Å². The van der Waals surface area contributed by atoms with E-state index in [1.807, 2.05) is 0 Å². The van der Waals surface area contributed by atoms with Crippen molar-refractivity contribution in [2.45, 2.75) is 84.2 Å². The maximum absolute atomic E-state index is 8.77. The van der Waals surface area contributed by atoms with Gasteiger partial charge in [0.1, 0.15) is 6.61 Å². The molecule has 0 saturated heterocycles. The Kier molecular flexibility index (Phi) is 6.21. The topological polar surface area (TPSA) is 78.4 Å². The fraction of sp³-hybridized carbons (Fsp3) is 0.800. The van der Waals surface area contributed by atoms with Crippen LogP contribution in [0.25, 0.3) is 0 Å². The van der Waals surface area contributed by atoms with Crippen LogP contribution in [0.4, 0.5) is 0 Å². The van der Waals surface area contributed by atoms with Crippen molar-refractivity contribution in [1.82, 2.24) is 0 Å². The molecule has 0 unspecified atom stereocenters. The molecule has 162 valence electrons. The third-order valence-corrected chi connectivity index (χ3v) is 8.85. The monoisotopic (exact) mass is 409 g/mol. The molecule has 0 radical (unpaired) electrons. The number of hydrogen-bond donors (Lipinski definition) is 0. The first-order valence-corrected chi connectivity index (χ1v) is 11.8. The highest BCUT2D eigenvalue weighted by atomic mass is 16.6. The summed E-state index contributed by atoms with van der Waals surface area (Å²) in [6.07, 6.45) is 13.0. The van der Waals surface area contributed by atoms with Gasteiger partial charge in [-0.3, -0.25) is 0 Å². The van der Waals surface area contributed by atoms with Gasteiger partial charge in [-0.1, -0.05) is 30.7 Å². The minimum absolute atomic E-state index is 0.160. The highest BCUT2D eigenvalue weighted by Gasteiger charge is 2.58. The molecule has 6 atom stereocenters. The number of rotatable bonds is 6. The zero-order valence-electron chi connectivity index (χ0n) is 18.5. The number of hydrogen-bond acceptors (Lipinski definition) is 5. The van der Waals surface area contributed by atoms with E-state index >= 15 is 0 Å². The Hall–Kier alpha value is -1.85. The summed E-state index contributed by atoms with van der Waals surface area (Å²) in [5.74, 6) is 2.18. The van der Waals surface area contributed by atoms with Crippen LogP contribution in [0.5, 0.6) is 0 Å². The van der Waals surface area contributed by atoms with E-state index in [0.717, 1.165) is 31.1 Å². The third kappa shape index (κ3) is 3.67. The van der Waals surface area contributed by atoms with Crippen molar-refractivity contribution >= 4 is 5.71 Å². The van der Waals surface area contributed by atoms with Gasteiger partial charge < -0.3 is 9.57 Å². The Bertz CT molecular complexity index is 791. The summed E-state index contributed by atoms with van der Waals surface area (Å²) < 4.78 is 5.99. The number of fused-ring (bicyclic) bond motifs is 5. The molecule has 0 aromatic carbocycles. The second kappa shape index (κ2) is 8.72. The quantitative estimate of drug-likeness (QED) is 0.328. The van der Waals surface area contributed by atoms with Crippen molar-refractivity contribution < 1.29 is 9.57 Å². The molecule has 0 aromatic heterocycles. The Morgan fingerprint density at radius 2 is 1.77 bits per heavy atom. The highest BCUT2D eigenvalue weighted by molar-refractivity contribution is 5.92. The molecule has 5 nitrogen and oxygen atoms in total. The zero-order valence-corrected chi connectivity index (χ0v) is 18.5. The Balaban J connectivity index is 1.47. The lowest BCUT2D eigenvalue weighted by atomic mass is 9.48. The van der Waals surface area contributed by atoms with Crippen LogP contribution in [-0.4, -0.2) is 25.0 Å². The lowest BCUT2D eigenvalue weighted by Crippen LogP contribution is -2.50. The summed E-state index contributed by atoms with van der Waals surface area (Å²) >= 11 is 0. The van der Waals surface area contributed by atoms with Crippen molar-refractivity contribution in [3.8, 4) is 12.1 Å². The van der Waals surface area contributed by atoms with Crippen LogP contribution in [0.15, 0.2) is 16.8 Å². The summed E-state index contributed by atoms with van der Waals surface area (Å²) in [4.78, 5) is 5.49. The van der Waals surface area contributed by atoms with Crippen LogP contribution in [0.1, 0.15) is 78.1 Å². The van der Waals surface area contributed by atoms with E-state index in [0.29, 0.717) is 43.5 Å². The lowest BCUT2D eigenvalue weighted by molar-refractivity contribution is -0.0362. The van der Waals surface area contributed by atoms with E-state index < -0.39 is 0 Å². The number of allylic oxidation sites excluding steroid dienone is 1. The van der Waals surface area contributed by atoms with Gasteiger partial charge in [0, 0.05) is 5.41 Å². The van der Waals surface area contributed by atoms with Gasteiger partial charge in [0.25, 0.3) is 0 Å². The van der Waals surface area contributed by atoms with Gasteiger partial charge in [0.15, 0.2) is 0 Å². The van der Waals surface area contributed by atoms with Gasteiger partial charge in [0.2, 0.25) is 0 Å². The molecule has 0 spiro atoms. The molecule has 4 aliphatic carbocycles. The van der Waals surface area contributed by atoms with E-state index in [4.69, 9.17) is 20.1 Å². The van der Waals surface area contributed by atoms with Crippen LogP contribution >= 0.6 is 0 Å². The van der Waals surface area contributed by atoms with Crippen molar-refractivity contribution in [1.29, 1.82) is 10.5 Å². The maximum Gasteiger partial charge on any atom is 0.130 e. The van der Waals surface area contributed by atoms with Gasteiger partial charge in [-0.2, -0.15) is 10.5 Å². The smallest absolute Gasteiger partial charge is 0.130 e. The largest absolute Gasteiger partial charge is 0.395 e. The van der Waals surface area contributed by atoms with Gasteiger partial charge in [-0.15, -0.1) is 0 Å². The number of nitriles is 2. The summed E-state index contributed by atoms with van der Waals surface area (Å²) in [5, 5.41) is 22.0. The average molecular weight is 410 g/mol. The minimum atomic E-state index is 0.160.